The Morgan fingerprint density at radius 1 is 1.12 bits per heavy atom. The van der Waals surface area contributed by atoms with Crippen molar-refractivity contribution >= 4 is 82.0 Å². The molecule has 0 radical (unpaired) electrons. The molecule has 0 bridgehead atoms. The summed E-state index contributed by atoms with van der Waals surface area (Å²) in [7, 11) is -2.05. The molecule has 4 atom stereocenters. The molecule has 0 saturated carbocycles. The van der Waals surface area contributed by atoms with E-state index in [2.05, 4.69) is 48.8 Å². The number of thiocarbonyl (C=S) groups is 2. The van der Waals surface area contributed by atoms with E-state index < -0.39 is 32.9 Å². The highest BCUT2D eigenvalue weighted by Crippen LogP contribution is 2.40. The van der Waals surface area contributed by atoms with Crippen molar-refractivity contribution in [1.82, 2.24) is 19.5 Å². The van der Waals surface area contributed by atoms with Gasteiger partial charge in [0.1, 0.15) is 17.9 Å². The minimum Gasteiger partial charge on any atom is -0.468 e. The molecule has 0 aromatic carbocycles. The topological polar surface area (TPSA) is 107 Å². The first-order valence-electron chi connectivity index (χ1n) is 10.6. The molecule has 0 amide bonds. The van der Waals surface area contributed by atoms with Gasteiger partial charge in [0.15, 0.2) is 38.2 Å². The van der Waals surface area contributed by atoms with E-state index in [1.54, 1.807) is 10.9 Å². The maximum atomic E-state index is 6.51. The molecular formula is C20H31N5O4S4Si. The van der Waals surface area contributed by atoms with Crippen LogP contribution in [0.25, 0.3) is 11.2 Å². The van der Waals surface area contributed by atoms with Crippen LogP contribution in [0.3, 0.4) is 0 Å². The Hall–Kier alpha value is -1.03. The largest absolute Gasteiger partial charge is 0.468 e. The van der Waals surface area contributed by atoms with E-state index in [-0.39, 0.29) is 10.9 Å². The lowest BCUT2D eigenvalue weighted by atomic mass is 10.1. The Morgan fingerprint density at radius 3 is 2.32 bits per heavy atom. The summed E-state index contributed by atoms with van der Waals surface area (Å²) in [6, 6.07) is 0. The molecule has 0 aliphatic carbocycles. The molecule has 2 aromatic rings. The number of nitrogen functional groups attached to an aromatic ring is 1. The van der Waals surface area contributed by atoms with Crippen molar-refractivity contribution in [1.29, 1.82) is 0 Å². The van der Waals surface area contributed by atoms with Crippen molar-refractivity contribution in [3.8, 4) is 0 Å². The number of thioether (sulfide) groups is 2. The zero-order valence-corrected chi connectivity index (χ0v) is 24.6. The number of fused-ring (bicyclic) bond motifs is 1. The number of imidazole rings is 1. The van der Waals surface area contributed by atoms with Gasteiger partial charge in [-0.25, -0.2) is 15.0 Å². The van der Waals surface area contributed by atoms with Crippen molar-refractivity contribution < 1.29 is 18.6 Å². The first-order chi connectivity index (χ1) is 15.9. The fourth-order valence-electron chi connectivity index (χ4n) is 3.22. The number of aromatic nitrogens is 4. The van der Waals surface area contributed by atoms with Crippen molar-refractivity contribution in [3.05, 3.63) is 12.7 Å². The summed E-state index contributed by atoms with van der Waals surface area (Å²) in [5, 5.41) is 0.0429. The van der Waals surface area contributed by atoms with Crippen LogP contribution in [0.2, 0.25) is 18.1 Å². The Balaban J connectivity index is 2.00. The number of rotatable bonds is 6. The molecule has 0 spiro atoms. The molecule has 3 heterocycles. The van der Waals surface area contributed by atoms with Crippen molar-refractivity contribution in [2.24, 2.45) is 0 Å². The summed E-state index contributed by atoms with van der Waals surface area (Å²) < 4.78 is 27.9. The first-order valence-corrected chi connectivity index (χ1v) is 16.8. The van der Waals surface area contributed by atoms with Crippen LogP contribution in [0.4, 0.5) is 5.82 Å². The highest BCUT2D eigenvalue weighted by molar-refractivity contribution is 8.22. The highest BCUT2D eigenvalue weighted by Gasteiger charge is 2.51. The lowest BCUT2D eigenvalue weighted by molar-refractivity contribution is -0.0460. The van der Waals surface area contributed by atoms with Crippen molar-refractivity contribution in [2.45, 2.75) is 63.4 Å². The third-order valence-electron chi connectivity index (χ3n) is 6.16. The number of hydrogen-bond donors (Lipinski definition) is 1. The van der Waals surface area contributed by atoms with Gasteiger partial charge in [-0.15, -0.1) is 0 Å². The van der Waals surface area contributed by atoms with E-state index in [1.807, 2.05) is 12.5 Å². The Morgan fingerprint density at radius 2 is 1.74 bits per heavy atom. The fraction of sp³-hybridized carbons (Fsp3) is 0.650. The van der Waals surface area contributed by atoms with Gasteiger partial charge in [-0.1, -0.05) is 44.3 Å². The van der Waals surface area contributed by atoms with E-state index in [1.165, 1.54) is 29.9 Å². The predicted octanol–water partition coefficient (Wildman–Crippen LogP) is 4.39. The summed E-state index contributed by atoms with van der Waals surface area (Å²) in [5.41, 5.74) is 7.00. The van der Waals surface area contributed by atoms with Gasteiger partial charge in [0.2, 0.25) is 8.77 Å². The van der Waals surface area contributed by atoms with Crippen molar-refractivity contribution in [3.63, 3.8) is 0 Å². The van der Waals surface area contributed by atoms with Crippen LogP contribution in [0.5, 0.6) is 0 Å². The van der Waals surface area contributed by atoms with Crippen LogP contribution in [0.1, 0.15) is 27.0 Å². The summed E-state index contributed by atoms with van der Waals surface area (Å²) in [4.78, 5) is 12.8. The second kappa shape index (κ2) is 10.9. The highest BCUT2D eigenvalue weighted by atomic mass is 32.2. The quantitative estimate of drug-likeness (QED) is 0.399. The van der Waals surface area contributed by atoms with Gasteiger partial charge < -0.3 is 24.4 Å². The molecule has 1 aliphatic heterocycles. The van der Waals surface area contributed by atoms with Gasteiger partial charge in [-0.05, 0) is 55.1 Å². The summed E-state index contributed by atoms with van der Waals surface area (Å²) in [6.45, 7) is 11.3. The third-order valence-corrected chi connectivity index (χ3v) is 12.7. The molecule has 9 nitrogen and oxygen atoms in total. The lowest BCUT2D eigenvalue weighted by Gasteiger charge is -2.37. The fourth-order valence-corrected chi connectivity index (χ4v) is 4.87. The molecule has 1 aliphatic rings. The molecule has 188 valence electrons. The minimum absolute atomic E-state index is 0.0429. The standard InChI is InChI=1S/C20H31N5O4S4Si/c1-20(2,3)34(6,7)26-8-11-13(28-18(30)32-4)14(29-19(31)33-5)17(27-11)25-10-24-12-15(21)22-9-23-16(12)25/h9-11,13-14,17H,8H2,1-7H3,(H2,21,22,23)/t11-,13-,14-,17-/m1/s1. The number of anilines is 1. The lowest BCUT2D eigenvalue weighted by Crippen LogP contribution is -2.45. The van der Waals surface area contributed by atoms with Gasteiger partial charge in [-0.2, -0.15) is 0 Å². The first kappa shape index (κ1) is 27.6. The van der Waals surface area contributed by atoms with Crippen LogP contribution in [0.15, 0.2) is 12.7 Å². The molecule has 2 aromatic heterocycles. The predicted molar refractivity (Wildman–Crippen MR) is 149 cm³/mol. The number of hydrogen-bond acceptors (Lipinski definition) is 12. The summed E-state index contributed by atoms with van der Waals surface area (Å²) in [6.07, 6.45) is 4.43. The van der Waals surface area contributed by atoms with E-state index in [9.17, 15) is 0 Å². The SMILES string of the molecule is CSC(=S)O[C@@H]1[C@H](OC(=S)SC)[C@@H](CO[Si](C)(C)C(C)(C)C)O[C@H]1n1cnc2c(N)ncnc21. The monoisotopic (exact) mass is 561 g/mol. The molecule has 3 rings (SSSR count). The van der Waals surface area contributed by atoms with Gasteiger partial charge >= 0.3 is 0 Å². The average molecular weight is 562 g/mol. The van der Waals surface area contributed by atoms with E-state index in [0.29, 0.717) is 26.5 Å². The smallest absolute Gasteiger partial charge is 0.220 e. The van der Waals surface area contributed by atoms with Gasteiger partial charge in [-0.3, -0.25) is 4.57 Å². The Kier molecular flexibility index (Phi) is 8.85. The zero-order valence-electron chi connectivity index (χ0n) is 20.3. The molecule has 1 saturated heterocycles. The Bertz CT molecular complexity index is 1050. The van der Waals surface area contributed by atoms with Crippen LogP contribution >= 0.6 is 48.0 Å². The maximum absolute atomic E-state index is 6.51. The van der Waals surface area contributed by atoms with E-state index >= 15 is 0 Å². The number of nitrogens with zero attached hydrogens (tertiary/aromatic N) is 4. The van der Waals surface area contributed by atoms with Crippen LogP contribution < -0.4 is 5.73 Å². The molecule has 34 heavy (non-hydrogen) atoms. The molecular weight excluding hydrogens is 531 g/mol. The maximum Gasteiger partial charge on any atom is 0.220 e. The third kappa shape index (κ3) is 5.85. The van der Waals surface area contributed by atoms with E-state index in [4.69, 9.17) is 48.8 Å². The zero-order chi connectivity index (χ0) is 25.3. The number of nitrogens with two attached hydrogens (primary N) is 1. The van der Waals surface area contributed by atoms with Crippen LogP contribution in [0, 0.1) is 0 Å². The second-order valence-corrected chi connectivity index (χ2v) is 16.9. The van der Waals surface area contributed by atoms with Gasteiger partial charge in [0.25, 0.3) is 0 Å². The minimum atomic E-state index is -2.05. The molecule has 14 heteroatoms. The van der Waals surface area contributed by atoms with Gasteiger partial charge in [0, 0.05) is 0 Å². The summed E-state index contributed by atoms with van der Waals surface area (Å²) >= 11 is 13.5. The molecule has 2 N–H and O–H groups in total. The van der Waals surface area contributed by atoms with Crippen LogP contribution in [-0.4, -0.2) is 74.0 Å². The average Bonchev–Trinajstić information content (AvgIpc) is 3.34. The molecule has 1 fully saturated rings. The second-order valence-electron chi connectivity index (χ2n) is 9.29. The van der Waals surface area contributed by atoms with Crippen LogP contribution in [-0.2, 0) is 18.6 Å². The molecule has 0 unspecified atom stereocenters. The number of ether oxygens (including phenoxy) is 3. The Labute approximate surface area is 220 Å². The van der Waals surface area contributed by atoms with E-state index in [0.717, 1.165) is 0 Å². The normalized spacial score (nSPS) is 23.3. The summed E-state index contributed by atoms with van der Waals surface area (Å²) in [5.74, 6) is 0.285. The van der Waals surface area contributed by atoms with Crippen molar-refractivity contribution in [2.75, 3.05) is 24.9 Å². The van der Waals surface area contributed by atoms with Gasteiger partial charge in [0.05, 0.1) is 12.9 Å².